The summed E-state index contributed by atoms with van der Waals surface area (Å²) in [5.41, 5.74) is 11.5. The second kappa shape index (κ2) is 11.0. The summed E-state index contributed by atoms with van der Waals surface area (Å²) < 4.78 is 16.1. The maximum atomic E-state index is 13.4. The van der Waals surface area contributed by atoms with Crippen molar-refractivity contribution in [3.63, 3.8) is 0 Å². The molecule has 6 heteroatoms. The summed E-state index contributed by atoms with van der Waals surface area (Å²) in [6.45, 7) is 0. The quantitative estimate of drug-likeness (QED) is 0.131. The van der Waals surface area contributed by atoms with Crippen LogP contribution in [0, 0.1) is 0 Å². The Labute approximate surface area is 322 Å². The third-order valence-electron chi connectivity index (χ3n) is 12.2. The van der Waals surface area contributed by atoms with Crippen molar-refractivity contribution in [1.29, 1.82) is 0 Å². The van der Waals surface area contributed by atoms with Crippen molar-refractivity contribution >= 4 is 87.1 Å². The Bertz CT molecular complexity index is 3640. The number of fused-ring (bicyclic) bond motifs is 15. The zero-order valence-corrected chi connectivity index (χ0v) is 30.2. The average molecular weight is 733 g/mol. The van der Waals surface area contributed by atoms with Gasteiger partial charge in [0.05, 0.1) is 32.8 Å². The van der Waals surface area contributed by atoms with Crippen LogP contribution in [0.1, 0.15) is 11.1 Å². The van der Waals surface area contributed by atoms with Crippen molar-refractivity contribution in [3.05, 3.63) is 190 Å². The van der Waals surface area contributed by atoms with Gasteiger partial charge in [-0.25, -0.2) is 9.59 Å². The molecular weight excluding hydrogens is 705 g/mol. The van der Waals surface area contributed by atoms with Crippen molar-refractivity contribution in [1.82, 2.24) is 9.13 Å². The van der Waals surface area contributed by atoms with Crippen LogP contribution in [0.3, 0.4) is 0 Å². The standard InChI is InChI=1S/C51H28N2O4/c54-50-42-26-46-40(24-38(42)34-11-3-7-15-48(34)56-50)32-9-1-5-13-44(32)52(46)30-19-17-28-21-29-18-20-31(23-37(29)36(28)22-30)53-45-14-6-2-10-33(45)41-25-39-35-12-4-8-16-49(35)57-51(55)43(39)27-47(41)53/h1-20,22-27H,21H2. The number of aromatic nitrogens is 2. The average Bonchev–Trinajstić information content (AvgIpc) is 3.89. The minimum atomic E-state index is -0.343. The van der Waals surface area contributed by atoms with Crippen molar-refractivity contribution < 1.29 is 8.83 Å². The fraction of sp³-hybridized carbons (Fsp3) is 0.0196. The van der Waals surface area contributed by atoms with E-state index in [9.17, 15) is 9.59 Å². The summed E-state index contributed by atoms with van der Waals surface area (Å²) in [6, 6.07) is 54.1. The van der Waals surface area contributed by atoms with Gasteiger partial charge in [-0.15, -0.1) is 0 Å². The lowest BCUT2D eigenvalue weighted by Gasteiger charge is -2.13. The van der Waals surface area contributed by atoms with Crippen LogP contribution < -0.4 is 11.3 Å². The Balaban J connectivity index is 1.03. The van der Waals surface area contributed by atoms with Crippen LogP contribution in [0.2, 0.25) is 0 Å². The van der Waals surface area contributed by atoms with E-state index >= 15 is 0 Å². The van der Waals surface area contributed by atoms with Gasteiger partial charge < -0.3 is 18.0 Å². The molecule has 0 amide bonds. The largest absolute Gasteiger partial charge is 0.422 e. The number of hydrogen-bond donors (Lipinski definition) is 0. The van der Waals surface area contributed by atoms with E-state index in [4.69, 9.17) is 8.83 Å². The van der Waals surface area contributed by atoms with Gasteiger partial charge in [0.1, 0.15) is 11.2 Å². The molecular formula is C51H28N2O4. The van der Waals surface area contributed by atoms with E-state index in [0.29, 0.717) is 21.9 Å². The molecule has 266 valence electrons. The number of hydrogen-bond acceptors (Lipinski definition) is 4. The highest BCUT2D eigenvalue weighted by atomic mass is 16.4. The van der Waals surface area contributed by atoms with Gasteiger partial charge in [0, 0.05) is 54.5 Å². The normalized spacial score (nSPS) is 12.6. The second-order valence-corrected chi connectivity index (χ2v) is 15.2. The van der Waals surface area contributed by atoms with Crippen molar-refractivity contribution in [2.24, 2.45) is 0 Å². The Morgan fingerprint density at radius 1 is 0.351 bits per heavy atom. The van der Waals surface area contributed by atoms with Gasteiger partial charge in [-0.05, 0) is 101 Å². The van der Waals surface area contributed by atoms with Crippen LogP contribution in [0.25, 0.3) is 110 Å². The van der Waals surface area contributed by atoms with Crippen molar-refractivity contribution in [2.45, 2.75) is 6.42 Å². The molecule has 6 nitrogen and oxygen atoms in total. The Hall–Kier alpha value is -7.70. The molecule has 0 saturated heterocycles. The first-order valence-corrected chi connectivity index (χ1v) is 19.1. The van der Waals surface area contributed by atoms with Gasteiger partial charge in [0.2, 0.25) is 0 Å². The van der Waals surface area contributed by atoms with Gasteiger partial charge in [-0.1, -0.05) is 84.9 Å². The van der Waals surface area contributed by atoms with E-state index in [1.807, 2.05) is 60.7 Å². The Morgan fingerprint density at radius 3 is 1.25 bits per heavy atom. The summed E-state index contributed by atoms with van der Waals surface area (Å²) in [4.78, 5) is 26.8. The van der Waals surface area contributed by atoms with Crippen LogP contribution in [0.15, 0.2) is 176 Å². The molecule has 4 heterocycles. The van der Waals surface area contributed by atoms with Gasteiger partial charge in [-0.2, -0.15) is 0 Å². The lowest BCUT2D eigenvalue weighted by molar-refractivity contribution is 0.569. The van der Waals surface area contributed by atoms with Crippen molar-refractivity contribution in [2.75, 3.05) is 0 Å². The fourth-order valence-corrected chi connectivity index (χ4v) is 9.66. The fourth-order valence-electron chi connectivity index (χ4n) is 9.66. The summed E-state index contributed by atoms with van der Waals surface area (Å²) >= 11 is 0. The number of rotatable bonds is 2. The molecule has 8 aromatic carbocycles. The molecule has 0 atom stereocenters. The topological polar surface area (TPSA) is 70.3 Å². The Morgan fingerprint density at radius 2 is 0.772 bits per heavy atom. The second-order valence-electron chi connectivity index (χ2n) is 15.2. The summed E-state index contributed by atoms with van der Waals surface area (Å²) in [7, 11) is 0. The first kappa shape index (κ1) is 30.6. The molecule has 0 spiro atoms. The lowest BCUT2D eigenvalue weighted by atomic mass is 10.0. The van der Waals surface area contributed by atoms with E-state index in [1.165, 1.54) is 22.3 Å². The molecule has 0 fully saturated rings. The van der Waals surface area contributed by atoms with Crippen LogP contribution in [-0.2, 0) is 6.42 Å². The van der Waals surface area contributed by atoms with Crippen LogP contribution >= 0.6 is 0 Å². The molecule has 0 radical (unpaired) electrons. The Kier molecular flexibility index (Phi) is 5.88. The van der Waals surface area contributed by atoms with E-state index in [-0.39, 0.29) is 11.3 Å². The molecule has 1 aliphatic rings. The predicted molar refractivity (Wildman–Crippen MR) is 230 cm³/mol. The van der Waals surface area contributed by atoms with Gasteiger partial charge >= 0.3 is 11.3 Å². The number of benzene rings is 8. The van der Waals surface area contributed by atoms with Crippen molar-refractivity contribution in [3.8, 4) is 22.5 Å². The molecule has 0 saturated carbocycles. The zero-order valence-electron chi connectivity index (χ0n) is 30.2. The SMILES string of the molecule is O=c1oc2ccccc2c2cc3c4ccccc4n(-c4ccc5c(c4)-c4cc(-n6c7ccccc7c7cc8c(cc76)c(=O)oc6ccccc68)ccc4C5)c3cc12. The predicted octanol–water partition coefficient (Wildman–Crippen LogP) is 12.0. The number of nitrogens with zero attached hydrogens (tertiary/aromatic N) is 2. The van der Waals surface area contributed by atoms with E-state index in [2.05, 4.69) is 106 Å². The molecule has 12 aromatic rings. The van der Waals surface area contributed by atoms with Crippen LogP contribution in [0.5, 0.6) is 0 Å². The molecule has 4 aromatic heterocycles. The lowest BCUT2D eigenvalue weighted by Crippen LogP contribution is -2.01. The van der Waals surface area contributed by atoms with Crippen LogP contribution in [0.4, 0.5) is 0 Å². The summed E-state index contributed by atoms with van der Waals surface area (Å²) in [6.07, 6.45) is 0.836. The molecule has 13 rings (SSSR count). The third kappa shape index (κ3) is 4.13. The summed E-state index contributed by atoms with van der Waals surface area (Å²) in [5.74, 6) is 0. The monoisotopic (exact) mass is 732 g/mol. The summed E-state index contributed by atoms with van der Waals surface area (Å²) in [5, 5.41) is 9.15. The van der Waals surface area contributed by atoms with Gasteiger partial charge in [-0.3, -0.25) is 0 Å². The highest BCUT2D eigenvalue weighted by Gasteiger charge is 2.24. The molecule has 0 aliphatic heterocycles. The van der Waals surface area contributed by atoms with E-state index < -0.39 is 0 Å². The first-order valence-electron chi connectivity index (χ1n) is 19.1. The molecule has 57 heavy (non-hydrogen) atoms. The van der Waals surface area contributed by atoms with E-state index in [0.717, 1.165) is 83.0 Å². The molecule has 1 aliphatic carbocycles. The zero-order chi connectivity index (χ0) is 37.5. The van der Waals surface area contributed by atoms with Gasteiger partial charge in [0.25, 0.3) is 0 Å². The highest BCUT2D eigenvalue weighted by Crippen LogP contribution is 2.43. The van der Waals surface area contributed by atoms with Crippen LogP contribution in [-0.4, -0.2) is 9.13 Å². The maximum absolute atomic E-state index is 13.4. The molecule has 0 unspecified atom stereocenters. The highest BCUT2D eigenvalue weighted by molar-refractivity contribution is 6.19. The number of para-hydroxylation sites is 4. The van der Waals surface area contributed by atoms with Gasteiger partial charge in [0.15, 0.2) is 0 Å². The third-order valence-corrected chi connectivity index (χ3v) is 12.2. The first-order chi connectivity index (χ1) is 28.1. The smallest absolute Gasteiger partial charge is 0.344 e. The molecule has 0 bridgehead atoms. The van der Waals surface area contributed by atoms with E-state index in [1.54, 1.807) is 0 Å². The molecule has 0 N–H and O–H groups in total. The minimum absolute atomic E-state index is 0.343. The maximum Gasteiger partial charge on any atom is 0.344 e. The minimum Gasteiger partial charge on any atom is -0.422 e.